The van der Waals surface area contributed by atoms with Gasteiger partial charge in [0, 0.05) is 12.5 Å². The van der Waals surface area contributed by atoms with E-state index in [1.807, 2.05) is 33.3 Å². The second-order valence-electron chi connectivity index (χ2n) is 15.8. The number of phosphoric ester groups is 1. The van der Waals surface area contributed by atoms with Crippen molar-refractivity contribution in [1.82, 2.24) is 0 Å². The van der Waals surface area contributed by atoms with E-state index >= 15 is 0 Å². The van der Waals surface area contributed by atoms with Gasteiger partial charge < -0.3 is 27.9 Å². The third-order valence-corrected chi connectivity index (χ3v) is 10.2. The van der Waals surface area contributed by atoms with E-state index in [0.717, 1.165) is 38.5 Å². The van der Waals surface area contributed by atoms with Gasteiger partial charge in [0.25, 0.3) is 7.82 Å². The summed E-state index contributed by atoms with van der Waals surface area (Å²) in [5.74, 6) is -1.10. The van der Waals surface area contributed by atoms with Crippen molar-refractivity contribution in [2.45, 2.75) is 187 Å². The fourth-order valence-electron chi connectivity index (χ4n) is 5.80. The van der Waals surface area contributed by atoms with E-state index in [-0.39, 0.29) is 19.6 Å². The maximum absolute atomic E-state index is 12.6. The number of rotatable bonds is 39. The molecule has 0 spiro atoms. The standard InChI is InChI=1S/C44H82NO8P/c1-6-8-10-12-14-16-18-20-22-24-26-28-30-32-34-36-43(46)50-40-42(41-52-54(48,49)51-39-38-45(3,4)5)53-44(47)37-35-33-31-29-27-25-23-21-19-17-15-13-11-9-7-2/h25,27,30,32,34,36,42H,6-24,26,28-29,31,33,35,37-41H2,1-5H3/b27-25+,32-30+,36-34+/t42-/m1/s1. The Morgan fingerprint density at radius 2 is 1.07 bits per heavy atom. The Morgan fingerprint density at radius 3 is 1.57 bits per heavy atom. The molecule has 0 amide bonds. The molecular weight excluding hydrogens is 701 g/mol. The first-order chi connectivity index (χ1) is 26.0. The van der Waals surface area contributed by atoms with Crippen LogP contribution >= 0.6 is 7.82 Å². The minimum absolute atomic E-state index is 0.0460. The molecule has 2 atom stereocenters. The first-order valence-electron chi connectivity index (χ1n) is 21.7. The van der Waals surface area contributed by atoms with Gasteiger partial charge in [0.15, 0.2) is 6.10 Å². The SMILES string of the molecule is CCCCCCCCCC/C=C/CCCCCC(=O)O[C@H](COC(=O)/C=C/C=C/CCCCCCCCCCCCC)COP(=O)([O-])OCC[N+](C)(C)C. The molecule has 9 nitrogen and oxygen atoms in total. The lowest BCUT2D eigenvalue weighted by atomic mass is 10.1. The number of allylic oxidation sites excluding steroid dienone is 5. The quantitative estimate of drug-likeness (QED) is 0.0115. The number of likely N-dealkylation sites (N-methyl/N-ethyl adjacent to an activating group) is 1. The van der Waals surface area contributed by atoms with Crippen molar-refractivity contribution in [1.29, 1.82) is 0 Å². The van der Waals surface area contributed by atoms with Gasteiger partial charge in [-0.05, 0) is 44.9 Å². The summed E-state index contributed by atoms with van der Waals surface area (Å²) in [4.78, 5) is 37.3. The minimum Gasteiger partial charge on any atom is -0.756 e. The molecule has 0 fully saturated rings. The number of esters is 2. The van der Waals surface area contributed by atoms with Crippen LogP contribution in [0.25, 0.3) is 0 Å². The second kappa shape index (κ2) is 36.8. The Morgan fingerprint density at radius 1 is 0.611 bits per heavy atom. The van der Waals surface area contributed by atoms with Crippen LogP contribution in [-0.2, 0) is 32.7 Å². The molecule has 0 heterocycles. The smallest absolute Gasteiger partial charge is 0.330 e. The zero-order chi connectivity index (χ0) is 40.0. The van der Waals surface area contributed by atoms with Gasteiger partial charge in [-0.1, -0.05) is 160 Å². The molecule has 316 valence electrons. The number of carbonyl (C=O) groups is 2. The molecule has 0 radical (unpaired) electrons. The Hall–Kier alpha value is -1.77. The summed E-state index contributed by atoms with van der Waals surface area (Å²) in [7, 11) is 1.11. The Kier molecular flexibility index (Phi) is 35.6. The number of quaternary nitrogens is 1. The van der Waals surface area contributed by atoms with E-state index in [0.29, 0.717) is 17.4 Å². The van der Waals surface area contributed by atoms with Crippen LogP contribution in [0.5, 0.6) is 0 Å². The van der Waals surface area contributed by atoms with Gasteiger partial charge >= 0.3 is 11.9 Å². The molecule has 0 aromatic rings. The van der Waals surface area contributed by atoms with Crippen molar-refractivity contribution >= 4 is 19.8 Å². The number of unbranched alkanes of at least 4 members (excludes halogenated alkanes) is 22. The van der Waals surface area contributed by atoms with E-state index in [4.69, 9.17) is 18.5 Å². The highest BCUT2D eigenvalue weighted by molar-refractivity contribution is 7.45. The number of ether oxygens (including phenoxy) is 2. The molecule has 0 N–H and O–H groups in total. The molecule has 0 aliphatic heterocycles. The molecule has 54 heavy (non-hydrogen) atoms. The van der Waals surface area contributed by atoms with E-state index in [2.05, 4.69) is 26.0 Å². The summed E-state index contributed by atoms with van der Waals surface area (Å²) in [6.07, 6.45) is 40.9. The molecule has 0 saturated heterocycles. The zero-order valence-corrected chi connectivity index (χ0v) is 36.3. The molecule has 0 aliphatic rings. The van der Waals surface area contributed by atoms with Crippen LogP contribution in [0.4, 0.5) is 0 Å². The maximum Gasteiger partial charge on any atom is 0.330 e. The van der Waals surface area contributed by atoms with Crippen LogP contribution in [-0.4, -0.2) is 70.0 Å². The lowest BCUT2D eigenvalue weighted by Gasteiger charge is -2.28. The number of phosphoric acid groups is 1. The normalized spacial score (nSPS) is 14.0. The third-order valence-electron chi connectivity index (χ3n) is 9.24. The highest BCUT2D eigenvalue weighted by Crippen LogP contribution is 2.38. The zero-order valence-electron chi connectivity index (χ0n) is 35.4. The molecule has 0 aromatic carbocycles. The topological polar surface area (TPSA) is 111 Å². The van der Waals surface area contributed by atoms with E-state index < -0.39 is 32.5 Å². The maximum atomic E-state index is 12.6. The fourth-order valence-corrected chi connectivity index (χ4v) is 6.53. The average molecular weight is 784 g/mol. The lowest BCUT2D eigenvalue weighted by molar-refractivity contribution is -0.870. The van der Waals surface area contributed by atoms with Gasteiger partial charge in [-0.2, -0.15) is 0 Å². The summed E-state index contributed by atoms with van der Waals surface area (Å²) in [6, 6.07) is 0. The summed E-state index contributed by atoms with van der Waals surface area (Å²) in [5, 5.41) is 0. The molecule has 0 saturated carbocycles. The number of nitrogens with zero attached hydrogens (tertiary/aromatic N) is 1. The Balaban J connectivity index is 4.49. The van der Waals surface area contributed by atoms with Gasteiger partial charge in [-0.3, -0.25) is 9.36 Å². The summed E-state index contributed by atoms with van der Waals surface area (Å²) < 4.78 is 33.6. The molecule has 10 heteroatoms. The Bertz CT molecular complexity index is 1020. The van der Waals surface area contributed by atoms with Crippen LogP contribution in [0.2, 0.25) is 0 Å². The van der Waals surface area contributed by atoms with Gasteiger partial charge in [-0.25, -0.2) is 4.79 Å². The molecule has 0 aromatic heterocycles. The molecule has 0 bridgehead atoms. The largest absolute Gasteiger partial charge is 0.756 e. The number of hydrogen-bond acceptors (Lipinski definition) is 8. The van der Waals surface area contributed by atoms with E-state index in [9.17, 15) is 19.0 Å². The summed E-state index contributed by atoms with van der Waals surface area (Å²) in [6.45, 7) is 4.08. The monoisotopic (exact) mass is 784 g/mol. The molecule has 0 rings (SSSR count). The van der Waals surface area contributed by atoms with E-state index in [1.54, 1.807) is 6.08 Å². The highest BCUT2D eigenvalue weighted by Gasteiger charge is 2.21. The minimum atomic E-state index is -4.64. The summed E-state index contributed by atoms with van der Waals surface area (Å²) >= 11 is 0. The van der Waals surface area contributed by atoms with Gasteiger partial charge in [0.2, 0.25) is 0 Å². The predicted octanol–water partition coefficient (Wildman–Crippen LogP) is 11.5. The predicted molar refractivity (Wildman–Crippen MR) is 222 cm³/mol. The third kappa shape index (κ3) is 39.9. The lowest BCUT2D eigenvalue weighted by Crippen LogP contribution is -2.37. The van der Waals surface area contributed by atoms with Gasteiger partial charge in [-0.15, -0.1) is 0 Å². The number of carbonyl (C=O) groups excluding carboxylic acids is 2. The summed E-state index contributed by atoms with van der Waals surface area (Å²) in [5.41, 5.74) is 0. The second-order valence-corrected chi connectivity index (χ2v) is 17.2. The molecule has 0 aliphatic carbocycles. The highest BCUT2D eigenvalue weighted by atomic mass is 31.2. The van der Waals surface area contributed by atoms with Crippen molar-refractivity contribution in [3.05, 3.63) is 36.5 Å². The van der Waals surface area contributed by atoms with Crippen LogP contribution < -0.4 is 4.89 Å². The Labute approximate surface area is 331 Å². The first kappa shape index (κ1) is 52.2. The van der Waals surface area contributed by atoms with Crippen LogP contribution in [0.1, 0.15) is 181 Å². The van der Waals surface area contributed by atoms with Crippen molar-refractivity contribution in [3.63, 3.8) is 0 Å². The molecular formula is C44H82NO8P. The van der Waals surface area contributed by atoms with E-state index in [1.165, 1.54) is 122 Å². The number of hydrogen-bond donors (Lipinski definition) is 0. The average Bonchev–Trinajstić information content (AvgIpc) is 3.12. The van der Waals surface area contributed by atoms with Crippen molar-refractivity contribution < 1.29 is 42.1 Å². The van der Waals surface area contributed by atoms with Gasteiger partial charge in [0.05, 0.1) is 27.7 Å². The van der Waals surface area contributed by atoms with Gasteiger partial charge in [0.1, 0.15) is 19.8 Å². The van der Waals surface area contributed by atoms with Crippen LogP contribution in [0.3, 0.4) is 0 Å². The molecule has 1 unspecified atom stereocenters. The fraction of sp³-hybridized carbons (Fsp3) is 0.818. The van der Waals surface area contributed by atoms with Crippen LogP contribution in [0, 0.1) is 0 Å². The van der Waals surface area contributed by atoms with Crippen LogP contribution in [0.15, 0.2) is 36.5 Å². The van der Waals surface area contributed by atoms with Crippen molar-refractivity contribution in [2.75, 3.05) is 47.5 Å². The van der Waals surface area contributed by atoms with Crippen molar-refractivity contribution in [3.8, 4) is 0 Å². The first-order valence-corrected chi connectivity index (χ1v) is 23.2. The van der Waals surface area contributed by atoms with Crippen molar-refractivity contribution in [2.24, 2.45) is 0 Å².